The summed E-state index contributed by atoms with van der Waals surface area (Å²) in [6, 6.07) is 6.05. The minimum absolute atomic E-state index is 0.857. The largest absolute Gasteiger partial charge is 0.497 e. The molecule has 82 valence electrons. The topological polar surface area (TPSA) is 34.1 Å². The Morgan fingerprint density at radius 2 is 2.31 bits per heavy atom. The van der Waals surface area contributed by atoms with E-state index in [9.17, 15) is 0 Å². The van der Waals surface area contributed by atoms with Crippen LogP contribution >= 0.6 is 0 Å². The zero-order valence-corrected chi connectivity index (χ0v) is 9.29. The lowest BCUT2D eigenvalue weighted by molar-refractivity contribution is 0.415. The number of aromatic nitrogens is 1. The van der Waals surface area contributed by atoms with Crippen molar-refractivity contribution in [3.8, 4) is 5.75 Å². The van der Waals surface area contributed by atoms with Gasteiger partial charge in [-0.25, -0.2) is 0 Å². The van der Waals surface area contributed by atoms with E-state index < -0.39 is 0 Å². The van der Waals surface area contributed by atoms with Gasteiger partial charge in [0.15, 0.2) is 0 Å². The number of benzene rings is 1. The molecule has 0 radical (unpaired) electrons. The standard InChI is InChI=1S/C13H14N2O/c1-16-10-4-5-11-12(7-10)15-8-9-3-2-6-14-13(9)11/h4-5,7-8,14H,2-3,6H2,1H3. The first-order valence-electron chi connectivity index (χ1n) is 5.58. The van der Waals surface area contributed by atoms with Crippen molar-refractivity contribution in [2.24, 2.45) is 0 Å². The molecule has 0 bridgehead atoms. The number of nitrogens with one attached hydrogen (secondary N) is 1. The molecule has 1 aromatic heterocycles. The second-order valence-electron chi connectivity index (χ2n) is 4.07. The predicted octanol–water partition coefficient (Wildman–Crippen LogP) is 2.60. The number of hydrogen-bond acceptors (Lipinski definition) is 3. The van der Waals surface area contributed by atoms with E-state index in [1.54, 1.807) is 7.11 Å². The zero-order chi connectivity index (χ0) is 11.0. The normalized spacial score (nSPS) is 14.3. The smallest absolute Gasteiger partial charge is 0.121 e. The average Bonchev–Trinajstić information content (AvgIpc) is 2.38. The number of pyridine rings is 1. The van der Waals surface area contributed by atoms with Gasteiger partial charge in [-0.3, -0.25) is 4.98 Å². The molecule has 0 amide bonds. The molecule has 0 unspecified atom stereocenters. The van der Waals surface area contributed by atoms with Crippen molar-refractivity contribution in [2.75, 3.05) is 19.0 Å². The van der Waals surface area contributed by atoms with Gasteiger partial charge in [0.05, 0.1) is 12.6 Å². The molecule has 0 saturated heterocycles. The van der Waals surface area contributed by atoms with Crippen LogP contribution in [0.5, 0.6) is 5.75 Å². The summed E-state index contributed by atoms with van der Waals surface area (Å²) in [7, 11) is 1.68. The minimum atomic E-state index is 0.857. The van der Waals surface area contributed by atoms with Crippen LogP contribution in [0.3, 0.4) is 0 Å². The van der Waals surface area contributed by atoms with Crippen LogP contribution in [0.4, 0.5) is 5.69 Å². The van der Waals surface area contributed by atoms with Crippen molar-refractivity contribution in [1.29, 1.82) is 0 Å². The Bertz CT molecular complexity index is 537. The number of hydrogen-bond donors (Lipinski definition) is 1. The summed E-state index contributed by atoms with van der Waals surface area (Å²) < 4.78 is 5.21. The van der Waals surface area contributed by atoms with Gasteiger partial charge in [0.25, 0.3) is 0 Å². The van der Waals surface area contributed by atoms with Gasteiger partial charge < -0.3 is 10.1 Å². The van der Waals surface area contributed by atoms with Crippen LogP contribution in [0.25, 0.3) is 10.9 Å². The molecule has 1 aliphatic rings. The van der Waals surface area contributed by atoms with Gasteiger partial charge in [-0.15, -0.1) is 0 Å². The highest BCUT2D eigenvalue weighted by Crippen LogP contribution is 2.31. The van der Waals surface area contributed by atoms with Crippen LogP contribution < -0.4 is 10.1 Å². The molecular formula is C13H14N2O. The number of methoxy groups -OCH3 is 1. The first-order chi connectivity index (χ1) is 7.88. The molecule has 3 rings (SSSR count). The number of ether oxygens (including phenoxy) is 1. The number of nitrogens with zero attached hydrogens (tertiary/aromatic N) is 1. The van der Waals surface area contributed by atoms with Gasteiger partial charge in [-0.05, 0) is 30.5 Å². The molecule has 0 atom stereocenters. The molecule has 1 aromatic carbocycles. The molecule has 1 aliphatic heterocycles. The summed E-state index contributed by atoms with van der Waals surface area (Å²) in [4.78, 5) is 4.48. The highest BCUT2D eigenvalue weighted by Gasteiger charge is 2.12. The van der Waals surface area contributed by atoms with Gasteiger partial charge in [0, 0.05) is 29.9 Å². The van der Waals surface area contributed by atoms with Gasteiger partial charge in [-0.1, -0.05) is 0 Å². The van der Waals surface area contributed by atoms with Crippen LogP contribution in [0, 0.1) is 0 Å². The Morgan fingerprint density at radius 3 is 3.19 bits per heavy atom. The van der Waals surface area contributed by atoms with E-state index in [4.69, 9.17) is 4.74 Å². The highest BCUT2D eigenvalue weighted by molar-refractivity contribution is 5.93. The van der Waals surface area contributed by atoms with E-state index in [-0.39, 0.29) is 0 Å². The fraction of sp³-hybridized carbons (Fsp3) is 0.308. The fourth-order valence-electron chi connectivity index (χ4n) is 2.23. The third-order valence-electron chi connectivity index (χ3n) is 3.08. The van der Waals surface area contributed by atoms with Crippen molar-refractivity contribution < 1.29 is 4.74 Å². The van der Waals surface area contributed by atoms with Gasteiger partial charge >= 0.3 is 0 Å². The Balaban J connectivity index is 2.24. The molecule has 0 saturated carbocycles. The lowest BCUT2D eigenvalue weighted by Crippen LogP contribution is -2.12. The summed E-state index contributed by atoms with van der Waals surface area (Å²) in [6.07, 6.45) is 4.29. The average molecular weight is 214 g/mol. The minimum Gasteiger partial charge on any atom is -0.497 e. The molecule has 3 heteroatoms. The van der Waals surface area contributed by atoms with Crippen molar-refractivity contribution in [3.63, 3.8) is 0 Å². The first kappa shape index (κ1) is 9.46. The molecule has 2 heterocycles. The summed E-state index contributed by atoms with van der Waals surface area (Å²) in [6.45, 7) is 1.05. The van der Waals surface area contributed by atoms with Crippen LogP contribution in [0.2, 0.25) is 0 Å². The molecule has 0 aliphatic carbocycles. The van der Waals surface area contributed by atoms with Crippen molar-refractivity contribution >= 4 is 16.6 Å². The van der Waals surface area contributed by atoms with Crippen LogP contribution in [0.1, 0.15) is 12.0 Å². The van der Waals surface area contributed by atoms with E-state index in [1.165, 1.54) is 23.1 Å². The maximum atomic E-state index is 5.21. The number of fused-ring (bicyclic) bond motifs is 3. The van der Waals surface area contributed by atoms with Crippen LogP contribution in [-0.4, -0.2) is 18.6 Å². The van der Waals surface area contributed by atoms with Crippen molar-refractivity contribution in [3.05, 3.63) is 30.0 Å². The van der Waals surface area contributed by atoms with Crippen molar-refractivity contribution in [2.45, 2.75) is 12.8 Å². The maximum Gasteiger partial charge on any atom is 0.121 e. The molecule has 3 nitrogen and oxygen atoms in total. The lowest BCUT2D eigenvalue weighted by Gasteiger charge is -2.19. The van der Waals surface area contributed by atoms with Crippen LogP contribution in [0.15, 0.2) is 24.4 Å². The van der Waals surface area contributed by atoms with Gasteiger partial charge in [0.2, 0.25) is 0 Å². The Morgan fingerprint density at radius 1 is 1.38 bits per heavy atom. The van der Waals surface area contributed by atoms with E-state index >= 15 is 0 Å². The number of anilines is 1. The zero-order valence-electron chi connectivity index (χ0n) is 9.29. The molecule has 1 N–H and O–H groups in total. The van der Waals surface area contributed by atoms with Gasteiger partial charge in [-0.2, -0.15) is 0 Å². The van der Waals surface area contributed by atoms with Crippen LogP contribution in [-0.2, 0) is 6.42 Å². The highest BCUT2D eigenvalue weighted by atomic mass is 16.5. The second kappa shape index (κ2) is 3.67. The third kappa shape index (κ3) is 1.40. The van der Waals surface area contributed by atoms with Crippen molar-refractivity contribution in [1.82, 2.24) is 4.98 Å². The Hall–Kier alpha value is -1.77. The SMILES string of the molecule is COc1ccc2c3c(cnc2c1)CCCN3. The maximum absolute atomic E-state index is 5.21. The molecular weight excluding hydrogens is 200 g/mol. The molecule has 16 heavy (non-hydrogen) atoms. The first-order valence-corrected chi connectivity index (χ1v) is 5.58. The number of aryl methyl sites for hydroxylation is 1. The predicted molar refractivity (Wildman–Crippen MR) is 65.1 cm³/mol. The van der Waals surface area contributed by atoms with Gasteiger partial charge in [0.1, 0.15) is 5.75 Å². The third-order valence-corrected chi connectivity index (χ3v) is 3.08. The van der Waals surface area contributed by atoms with E-state index in [1.807, 2.05) is 18.3 Å². The summed E-state index contributed by atoms with van der Waals surface area (Å²) in [5, 5.41) is 4.65. The van der Waals surface area contributed by atoms with E-state index in [2.05, 4.69) is 16.4 Å². The Kier molecular flexibility index (Phi) is 2.17. The second-order valence-corrected chi connectivity index (χ2v) is 4.07. The van der Waals surface area contributed by atoms with E-state index in [0.29, 0.717) is 0 Å². The molecule has 0 fully saturated rings. The summed E-state index contributed by atoms with van der Waals surface area (Å²) in [5.41, 5.74) is 3.57. The quantitative estimate of drug-likeness (QED) is 0.792. The molecule has 2 aromatic rings. The monoisotopic (exact) mass is 214 g/mol. The summed E-state index contributed by atoms with van der Waals surface area (Å²) >= 11 is 0. The lowest BCUT2D eigenvalue weighted by atomic mass is 10.0. The molecule has 0 spiro atoms. The Labute approximate surface area is 94.5 Å². The summed E-state index contributed by atoms with van der Waals surface area (Å²) in [5.74, 6) is 0.857. The van der Waals surface area contributed by atoms with E-state index in [0.717, 1.165) is 24.2 Å². The fourth-order valence-corrected chi connectivity index (χ4v) is 2.23. The number of rotatable bonds is 1.